The van der Waals surface area contributed by atoms with E-state index in [4.69, 9.17) is 23.7 Å². The Morgan fingerprint density at radius 2 is 2.08 bits per heavy atom. The molecule has 0 aliphatic rings. The van der Waals surface area contributed by atoms with E-state index in [-0.39, 0.29) is 11.9 Å². The van der Waals surface area contributed by atoms with Crippen molar-refractivity contribution in [3.05, 3.63) is 4.77 Å². The van der Waals surface area contributed by atoms with Gasteiger partial charge in [-0.2, -0.15) is 9.97 Å². The zero-order valence-corrected chi connectivity index (χ0v) is 6.67. The number of rotatable bonds is 0. The quantitative estimate of drug-likeness (QED) is 0.468. The van der Waals surface area contributed by atoms with Crippen molar-refractivity contribution in [2.45, 2.75) is 0 Å². The van der Waals surface area contributed by atoms with Crippen LogP contribution in [0.15, 0.2) is 0 Å². The van der Waals surface area contributed by atoms with Crippen molar-refractivity contribution >= 4 is 29.9 Å². The molecule has 2 aromatic heterocycles. The van der Waals surface area contributed by atoms with Crippen LogP contribution in [-0.4, -0.2) is 24.6 Å². The van der Waals surface area contributed by atoms with Crippen LogP contribution in [0.4, 0.5) is 11.9 Å². The summed E-state index contributed by atoms with van der Waals surface area (Å²) in [7, 11) is 0. The number of nitrogens with zero attached hydrogens (tertiary/aromatic N) is 4. The molecule has 0 spiro atoms. The smallest absolute Gasteiger partial charge is 0.259 e. The fourth-order valence-corrected chi connectivity index (χ4v) is 1.09. The van der Waals surface area contributed by atoms with Crippen molar-refractivity contribution in [1.29, 1.82) is 0 Å². The molecule has 0 aliphatic heterocycles. The van der Waals surface area contributed by atoms with E-state index >= 15 is 0 Å². The van der Waals surface area contributed by atoms with E-state index in [2.05, 4.69) is 20.2 Å². The van der Waals surface area contributed by atoms with Gasteiger partial charge in [-0.05, 0) is 12.2 Å². The van der Waals surface area contributed by atoms with Gasteiger partial charge in [-0.15, -0.1) is 5.10 Å². The van der Waals surface area contributed by atoms with Gasteiger partial charge in [0.15, 0.2) is 0 Å². The van der Waals surface area contributed by atoms with Gasteiger partial charge in [0.05, 0.1) is 0 Å². The summed E-state index contributed by atoms with van der Waals surface area (Å²) >= 11 is 4.86. The Hall–Kier alpha value is -1.70. The number of aromatic amines is 1. The van der Waals surface area contributed by atoms with Gasteiger partial charge < -0.3 is 11.5 Å². The van der Waals surface area contributed by atoms with E-state index in [0.717, 1.165) is 0 Å². The van der Waals surface area contributed by atoms with Gasteiger partial charge in [0, 0.05) is 0 Å². The highest BCUT2D eigenvalue weighted by molar-refractivity contribution is 7.71. The lowest BCUT2D eigenvalue weighted by atomic mass is 10.8. The first-order valence-corrected chi connectivity index (χ1v) is 3.45. The second-order valence-electron chi connectivity index (χ2n) is 2.10. The number of anilines is 2. The van der Waals surface area contributed by atoms with Crippen molar-refractivity contribution in [2.75, 3.05) is 11.5 Å². The molecule has 8 heteroatoms. The Labute approximate surface area is 71.4 Å². The maximum Gasteiger partial charge on any atom is 0.259 e. The molecule has 0 bridgehead atoms. The fraction of sp³-hybridized carbons (Fsp3) is 0. The van der Waals surface area contributed by atoms with Crippen LogP contribution in [0.25, 0.3) is 5.78 Å². The topological polar surface area (TPSA) is 111 Å². The highest BCUT2D eigenvalue weighted by Crippen LogP contribution is 2.04. The van der Waals surface area contributed by atoms with Crippen LogP contribution >= 0.6 is 12.2 Å². The summed E-state index contributed by atoms with van der Waals surface area (Å²) in [5.41, 5.74) is 10.8. The van der Waals surface area contributed by atoms with Crippen molar-refractivity contribution in [3.63, 3.8) is 0 Å². The first kappa shape index (κ1) is 6.98. The minimum Gasteiger partial charge on any atom is -0.369 e. The van der Waals surface area contributed by atoms with Gasteiger partial charge in [0.25, 0.3) is 5.78 Å². The second-order valence-corrected chi connectivity index (χ2v) is 2.49. The third kappa shape index (κ3) is 0.815. The van der Waals surface area contributed by atoms with Crippen molar-refractivity contribution in [3.8, 4) is 0 Å². The fourth-order valence-electron chi connectivity index (χ4n) is 0.865. The Morgan fingerprint density at radius 1 is 1.33 bits per heavy atom. The zero-order valence-electron chi connectivity index (χ0n) is 5.85. The Kier molecular flexibility index (Phi) is 1.24. The first-order chi connectivity index (χ1) is 5.68. The van der Waals surface area contributed by atoms with Crippen molar-refractivity contribution in [2.24, 2.45) is 0 Å². The standard InChI is InChI=1S/C4H5N7S/c5-1-7-2(6)11-3(8-1)9-10-4(11)12/h(H,10,12)(H4,5,6,7,8,9). The molecular weight excluding hydrogens is 178 g/mol. The van der Waals surface area contributed by atoms with Gasteiger partial charge in [0.2, 0.25) is 16.7 Å². The van der Waals surface area contributed by atoms with Crippen LogP contribution in [0.5, 0.6) is 0 Å². The van der Waals surface area contributed by atoms with E-state index < -0.39 is 0 Å². The van der Waals surface area contributed by atoms with Gasteiger partial charge >= 0.3 is 0 Å². The van der Waals surface area contributed by atoms with E-state index in [1.54, 1.807) is 0 Å². The molecule has 2 aromatic rings. The van der Waals surface area contributed by atoms with Crippen molar-refractivity contribution < 1.29 is 0 Å². The molecule has 7 nitrogen and oxygen atoms in total. The van der Waals surface area contributed by atoms with Crippen LogP contribution in [0.3, 0.4) is 0 Å². The number of nitrogens with two attached hydrogens (primary N) is 2. The van der Waals surface area contributed by atoms with Crippen LogP contribution in [0.2, 0.25) is 0 Å². The Morgan fingerprint density at radius 3 is 2.83 bits per heavy atom. The van der Waals surface area contributed by atoms with E-state index in [1.165, 1.54) is 4.40 Å². The normalized spacial score (nSPS) is 10.7. The largest absolute Gasteiger partial charge is 0.369 e. The summed E-state index contributed by atoms with van der Waals surface area (Å²) in [6, 6.07) is 0. The lowest BCUT2D eigenvalue weighted by Gasteiger charge is -1.96. The number of H-pyrrole nitrogens is 1. The third-order valence-electron chi connectivity index (χ3n) is 1.33. The molecule has 0 unspecified atom stereocenters. The number of hydrogen-bond donors (Lipinski definition) is 3. The Bertz CT molecular complexity index is 482. The third-order valence-corrected chi connectivity index (χ3v) is 1.60. The van der Waals surface area contributed by atoms with Crippen LogP contribution < -0.4 is 11.5 Å². The number of hydrogen-bond acceptors (Lipinski definition) is 6. The summed E-state index contributed by atoms with van der Waals surface area (Å²) in [5.74, 6) is 0.579. The molecule has 0 aliphatic carbocycles. The molecule has 2 heterocycles. The molecule has 12 heavy (non-hydrogen) atoms. The predicted molar refractivity (Wildman–Crippen MR) is 44.8 cm³/mol. The average molecular weight is 183 g/mol. The summed E-state index contributed by atoms with van der Waals surface area (Å²) in [6.45, 7) is 0. The zero-order chi connectivity index (χ0) is 8.72. The van der Waals surface area contributed by atoms with Gasteiger partial charge in [-0.1, -0.05) is 0 Å². The summed E-state index contributed by atoms with van der Waals surface area (Å²) < 4.78 is 1.74. The van der Waals surface area contributed by atoms with Crippen molar-refractivity contribution in [1.82, 2.24) is 24.6 Å². The molecule has 0 saturated heterocycles. The summed E-state index contributed by atoms with van der Waals surface area (Å²) in [6.07, 6.45) is 0. The molecular formula is C4H5N7S. The highest BCUT2D eigenvalue weighted by Gasteiger charge is 2.04. The SMILES string of the molecule is Nc1nc(N)n2c(=S)[nH]nc2n1. The maximum atomic E-state index is 5.51. The van der Waals surface area contributed by atoms with Gasteiger partial charge in [0.1, 0.15) is 0 Å². The van der Waals surface area contributed by atoms with Gasteiger partial charge in [-0.25, -0.2) is 9.50 Å². The molecule has 5 N–H and O–H groups in total. The molecule has 0 aromatic carbocycles. The van der Waals surface area contributed by atoms with E-state index in [1.807, 2.05) is 0 Å². The highest BCUT2D eigenvalue weighted by atomic mass is 32.1. The first-order valence-electron chi connectivity index (χ1n) is 3.04. The Balaban J connectivity index is 3.03. The molecule has 2 rings (SSSR count). The lowest BCUT2D eigenvalue weighted by molar-refractivity contribution is 1.03. The van der Waals surface area contributed by atoms with Crippen LogP contribution in [0, 0.1) is 4.77 Å². The maximum absolute atomic E-state index is 5.51. The molecule has 0 atom stereocenters. The number of fused-ring (bicyclic) bond motifs is 1. The van der Waals surface area contributed by atoms with E-state index in [0.29, 0.717) is 10.5 Å². The number of nitrogen functional groups attached to an aromatic ring is 2. The molecule has 0 amide bonds. The summed E-state index contributed by atoms with van der Waals surface area (Å²) in [5, 5.41) is 6.30. The minimum absolute atomic E-state index is 0.0778. The summed E-state index contributed by atoms with van der Waals surface area (Å²) in [4.78, 5) is 7.51. The lowest BCUT2D eigenvalue weighted by Crippen LogP contribution is -2.06. The monoisotopic (exact) mass is 183 g/mol. The minimum atomic E-state index is 0.0778. The van der Waals surface area contributed by atoms with Crippen LogP contribution in [0.1, 0.15) is 0 Å². The molecule has 0 saturated carbocycles. The molecule has 0 radical (unpaired) electrons. The average Bonchev–Trinajstić information content (AvgIpc) is 2.31. The van der Waals surface area contributed by atoms with E-state index in [9.17, 15) is 0 Å². The molecule has 0 fully saturated rings. The second kappa shape index (κ2) is 2.14. The molecule has 62 valence electrons. The number of aromatic nitrogens is 5. The predicted octanol–water partition coefficient (Wildman–Crippen LogP) is -0.654. The number of nitrogens with one attached hydrogen (secondary N) is 1. The van der Waals surface area contributed by atoms with Crippen LogP contribution in [-0.2, 0) is 0 Å². The van der Waals surface area contributed by atoms with Gasteiger partial charge in [-0.3, -0.25) is 0 Å².